The first-order chi connectivity index (χ1) is 16.0. The molecule has 0 radical (unpaired) electrons. The van der Waals surface area contributed by atoms with Crippen LogP contribution < -0.4 is 5.32 Å². The number of nitrogens with one attached hydrogen (secondary N) is 1. The molecule has 33 heavy (non-hydrogen) atoms. The molecule has 0 atom stereocenters. The van der Waals surface area contributed by atoms with Gasteiger partial charge >= 0.3 is 0 Å². The molecule has 0 saturated carbocycles. The van der Waals surface area contributed by atoms with E-state index in [0.717, 1.165) is 28.0 Å². The number of anilines is 1. The Labute approximate surface area is 195 Å². The van der Waals surface area contributed by atoms with E-state index in [-0.39, 0.29) is 9.77 Å². The van der Waals surface area contributed by atoms with Crippen molar-refractivity contribution in [2.24, 2.45) is 0 Å². The van der Waals surface area contributed by atoms with E-state index < -0.39 is 15.9 Å². The summed E-state index contributed by atoms with van der Waals surface area (Å²) in [7, 11) is -3.82. The Balaban J connectivity index is 1.35. The third-order valence-electron chi connectivity index (χ3n) is 5.49. The summed E-state index contributed by atoms with van der Waals surface area (Å²) in [5, 5.41) is 4.34. The molecule has 3 heterocycles. The predicted octanol–water partition coefficient (Wildman–Crippen LogP) is 4.20. The Morgan fingerprint density at radius 3 is 2.39 bits per heavy atom. The van der Waals surface area contributed by atoms with Crippen molar-refractivity contribution in [2.45, 2.75) is 17.9 Å². The maximum Gasteiger partial charge on any atom is 0.267 e. The number of amides is 1. The van der Waals surface area contributed by atoms with Gasteiger partial charge < -0.3 is 5.32 Å². The van der Waals surface area contributed by atoms with Gasteiger partial charge in [0.05, 0.1) is 18.1 Å². The standard InChI is InChI=1S/C24H20N4O3S2/c29-24(27-20-14-25-23(26-15-20)18-7-2-1-3-8-18)22-21(11-13-32-22)33(30,31)28-12-10-17-6-4-5-9-19(17)16-28/h1-9,11,13-15H,10,12,16H2,(H,27,29). The first-order valence-electron chi connectivity index (χ1n) is 10.4. The highest BCUT2D eigenvalue weighted by molar-refractivity contribution is 7.89. The zero-order valence-electron chi connectivity index (χ0n) is 17.5. The smallest absolute Gasteiger partial charge is 0.267 e. The van der Waals surface area contributed by atoms with Crippen LogP contribution in [0.5, 0.6) is 0 Å². The van der Waals surface area contributed by atoms with Crippen LogP contribution in [0.2, 0.25) is 0 Å². The molecule has 9 heteroatoms. The van der Waals surface area contributed by atoms with E-state index in [1.807, 2.05) is 54.6 Å². The zero-order chi connectivity index (χ0) is 22.8. The van der Waals surface area contributed by atoms with Crippen molar-refractivity contribution in [1.82, 2.24) is 14.3 Å². The number of carbonyl (C=O) groups is 1. The van der Waals surface area contributed by atoms with Gasteiger partial charge in [-0.25, -0.2) is 18.4 Å². The van der Waals surface area contributed by atoms with Crippen LogP contribution in [0.25, 0.3) is 11.4 Å². The Bertz CT molecular complexity index is 1400. The SMILES string of the molecule is O=C(Nc1cnc(-c2ccccc2)nc1)c1sccc1S(=O)(=O)N1CCc2ccccc2C1. The van der Waals surface area contributed by atoms with Crippen LogP contribution in [0.15, 0.2) is 83.3 Å². The van der Waals surface area contributed by atoms with Crippen LogP contribution in [0.3, 0.4) is 0 Å². The first-order valence-corrected chi connectivity index (χ1v) is 12.7. The molecule has 4 aromatic rings. The van der Waals surface area contributed by atoms with Gasteiger partial charge in [-0.05, 0) is 29.0 Å². The summed E-state index contributed by atoms with van der Waals surface area (Å²) in [4.78, 5) is 21.7. The first kappa shape index (κ1) is 21.4. The van der Waals surface area contributed by atoms with E-state index in [2.05, 4.69) is 15.3 Å². The van der Waals surface area contributed by atoms with Crippen molar-refractivity contribution in [3.05, 3.63) is 94.4 Å². The lowest BCUT2D eigenvalue weighted by Gasteiger charge is -2.28. The average molecular weight is 477 g/mol. The second-order valence-corrected chi connectivity index (χ2v) is 10.4. The molecule has 5 rings (SSSR count). The normalized spacial score (nSPS) is 13.9. The summed E-state index contributed by atoms with van der Waals surface area (Å²) in [6.07, 6.45) is 3.67. The number of fused-ring (bicyclic) bond motifs is 1. The number of carbonyl (C=O) groups excluding carboxylic acids is 1. The van der Waals surface area contributed by atoms with Crippen molar-refractivity contribution in [2.75, 3.05) is 11.9 Å². The van der Waals surface area contributed by atoms with Gasteiger partial charge in [-0.15, -0.1) is 11.3 Å². The van der Waals surface area contributed by atoms with Gasteiger partial charge in [0.1, 0.15) is 9.77 Å². The molecule has 0 unspecified atom stereocenters. The molecule has 0 bridgehead atoms. The number of rotatable bonds is 5. The fourth-order valence-electron chi connectivity index (χ4n) is 3.80. The fraction of sp³-hybridized carbons (Fsp3) is 0.125. The van der Waals surface area contributed by atoms with Gasteiger partial charge in [0.15, 0.2) is 5.82 Å². The molecular formula is C24H20N4O3S2. The predicted molar refractivity (Wildman–Crippen MR) is 127 cm³/mol. The highest BCUT2D eigenvalue weighted by Gasteiger charge is 2.32. The van der Waals surface area contributed by atoms with Gasteiger partial charge in [0.25, 0.3) is 5.91 Å². The molecule has 1 amide bonds. The van der Waals surface area contributed by atoms with Crippen molar-refractivity contribution in [3.8, 4) is 11.4 Å². The summed E-state index contributed by atoms with van der Waals surface area (Å²) in [5.74, 6) is 0.0374. The molecule has 2 aromatic carbocycles. The van der Waals surface area contributed by atoms with Crippen molar-refractivity contribution in [3.63, 3.8) is 0 Å². The van der Waals surface area contributed by atoms with E-state index in [0.29, 0.717) is 31.0 Å². The average Bonchev–Trinajstić information content (AvgIpc) is 3.36. The second kappa shape index (κ2) is 8.86. The molecular weight excluding hydrogens is 456 g/mol. The lowest BCUT2D eigenvalue weighted by Crippen LogP contribution is -2.36. The molecule has 0 spiro atoms. The molecule has 1 aliphatic rings. The lowest BCUT2D eigenvalue weighted by atomic mass is 10.0. The third-order valence-corrected chi connectivity index (χ3v) is 8.42. The van der Waals surface area contributed by atoms with E-state index in [1.165, 1.54) is 22.8 Å². The van der Waals surface area contributed by atoms with Crippen molar-refractivity contribution < 1.29 is 13.2 Å². The molecule has 7 nitrogen and oxygen atoms in total. The summed E-state index contributed by atoms with van der Waals surface area (Å²) < 4.78 is 28.2. The summed E-state index contributed by atoms with van der Waals surface area (Å²) >= 11 is 1.09. The van der Waals surface area contributed by atoms with Crippen LogP contribution in [0.1, 0.15) is 20.8 Å². The molecule has 0 aliphatic carbocycles. The fourth-order valence-corrected chi connectivity index (χ4v) is 6.51. The van der Waals surface area contributed by atoms with Gasteiger partial charge in [0, 0.05) is 18.7 Å². The van der Waals surface area contributed by atoms with Crippen LogP contribution >= 0.6 is 11.3 Å². The number of benzene rings is 2. The monoisotopic (exact) mass is 476 g/mol. The molecule has 166 valence electrons. The minimum absolute atomic E-state index is 0.0196. The quantitative estimate of drug-likeness (QED) is 0.466. The number of aromatic nitrogens is 2. The highest BCUT2D eigenvalue weighted by Crippen LogP contribution is 2.30. The minimum Gasteiger partial charge on any atom is -0.319 e. The topological polar surface area (TPSA) is 92.3 Å². The van der Waals surface area contributed by atoms with Gasteiger partial charge in [-0.3, -0.25) is 4.79 Å². The van der Waals surface area contributed by atoms with Crippen molar-refractivity contribution >= 4 is 33.0 Å². The van der Waals surface area contributed by atoms with Gasteiger partial charge in [-0.2, -0.15) is 4.31 Å². The number of sulfonamides is 1. The number of nitrogens with zero attached hydrogens (tertiary/aromatic N) is 3. The van der Waals surface area contributed by atoms with Crippen LogP contribution in [0.4, 0.5) is 5.69 Å². The second-order valence-electron chi connectivity index (χ2n) is 7.59. The van der Waals surface area contributed by atoms with Gasteiger partial charge in [0.2, 0.25) is 10.0 Å². The number of hydrogen-bond donors (Lipinski definition) is 1. The van der Waals surface area contributed by atoms with E-state index in [9.17, 15) is 13.2 Å². The lowest BCUT2D eigenvalue weighted by molar-refractivity contribution is 0.102. The number of hydrogen-bond acceptors (Lipinski definition) is 6. The maximum atomic E-state index is 13.4. The van der Waals surface area contributed by atoms with E-state index in [1.54, 1.807) is 5.38 Å². The maximum absolute atomic E-state index is 13.4. The van der Waals surface area contributed by atoms with Crippen LogP contribution in [0, 0.1) is 0 Å². The highest BCUT2D eigenvalue weighted by atomic mass is 32.2. The Morgan fingerprint density at radius 1 is 0.939 bits per heavy atom. The summed E-state index contributed by atoms with van der Waals surface area (Å²) in [5.41, 5.74) is 3.41. The zero-order valence-corrected chi connectivity index (χ0v) is 19.1. The Kier molecular flexibility index (Phi) is 5.76. The molecule has 1 N–H and O–H groups in total. The molecule has 2 aromatic heterocycles. The summed E-state index contributed by atoms with van der Waals surface area (Å²) in [6.45, 7) is 0.676. The Morgan fingerprint density at radius 2 is 1.64 bits per heavy atom. The molecule has 1 aliphatic heterocycles. The summed E-state index contributed by atoms with van der Waals surface area (Å²) in [6, 6.07) is 18.8. The minimum atomic E-state index is -3.82. The van der Waals surface area contributed by atoms with Gasteiger partial charge in [-0.1, -0.05) is 54.6 Å². The van der Waals surface area contributed by atoms with Crippen LogP contribution in [-0.4, -0.2) is 35.1 Å². The third kappa shape index (κ3) is 4.30. The molecule has 0 fully saturated rings. The number of thiophene rings is 1. The molecule has 0 saturated heterocycles. The van der Waals surface area contributed by atoms with E-state index >= 15 is 0 Å². The van der Waals surface area contributed by atoms with E-state index in [4.69, 9.17) is 0 Å². The Hall–Kier alpha value is -3.40. The van der Waals surface area contributed by atoms with Crippen molar-refractivity contribution in [1.29, 1.82) is 0 Å². The largest absolute Gasteiger partial charge is 0.319 e. The van der Waals surface area contributed by atoms with Crippen LogP contribution in [-0.2, 0) is 23.0 Å².